The van der Waals surface area contributed by atoms with Gasteiger partial charge in [0, 0.05) is 17.5 Å². The fourth-order valence-electron chi connectivity index (χ4n) is 0.737. The lowest BCUT2D eigenvalue weighted by Crippen LogP contribution is -2.01. The quantitative estimate of drug-likeness (QED) is 0.446. The minimum atomic E-state index is -0.430. The Morgan fingerprint density at radius 3 is 2.54 bits per heavy atom. The third kappa shape index (κ3) is 2.86. The van der Waals surface area contributed by atoms with Gasteiger partial charge in [0.25, 0.3) is 0 Å². The highest BCUT2D eigenvalue weighted by Crippen LogP contribution is 2.33. The molecular weight excluding hydrogens is 279 g/mol. The number of hydrogen-bond donors (Lipinski definition) is 0. The maximum Gasteiger partial charge on any atom is 0.308 e. The molecule has 0 fully saturated rings. The standard InChI is InChI=1S/C8H5BrCl2O2/c1-4(12)13-8-3-6(10)5(9)2-7(8)11/h2-3H,1H3. The lowest BCUT2D eigenvalue weighted by atomic mass is 10.3. The fraction of sp³-hybridized carbons (Fsp3) is 0.125. The van der Waals surface area contributed by atoms with Crippen LogP contribution in [0.2, 0.25) is 10.0 Å². The number of ether oxygens (including phenoxy) is 1. The van der Waals surface area contributed by atoms with Gasteiger partial charge in [-0.2, -0.15) is 0 Å². The lowest BCUT2D eigenvalue weighted by Gasteiger charge is -2.05. The molecule has 1 rings (SSSR count). The van der Waals surface area contributed by atoms with Gasteiger partial charge >= 0.3 is 5.97 Å². The van der Waals surface area contributed by atoms with Crippen molar-refractivity contribution in [3.8, 4) is 5.75 Å². The van der Waals surface area contributed by atoms with Crippen molar-refractivity contribution in [1.29, 1.82) is 0 Å². The molecule has 2 nitrogen and oxygen atoms in total. The number of esters is 1. The summed E-state index contributed by atoms with van der Waals surface area (Å²) in [5, 5.41) is 0.784. The molecule has 5 heteroatoms. The summed E-state index contributed by atoms with van der Waals surface area (Å²) >= 11 is 14.7. The van der Waals surface area contributed by atoms with Gasteiger partial charge in [0.2, 0.25) is 0 Å². The summed E-state index contributed by atoms with van der Waals surface area (Å²) in [6.45, 7) is 1.30. The van der Waals surface area contributed by atoms with Gasteiger partial charge in [-0.15, -0.1) is 0 Å². The molecule has 0 aliphatic heterocycles. The molecule has 1 aromatic carbocycles. The Morgan fingerprint density at radius 2 is 2.00 bits per heavy atom. The van der Waals surface area contributed by atoms with Crippen LogP contribution in [0.1, 0.15) is 6.92 Å². The molecule has 0 bridgehead atoms. The van der Waals surface area contributed by atoms with Gasteiger partial charge in [0.15, 0.2) is 5.75 Å². The maximum atomic E-state index is 10.6. The number of benzene rings is 1. The average molecular weight is 284 g/mol. The Hall–Kier alpha value is -0.250. The van der Waals surface area contributed by atoms with Gasteiger partial charge in [0.05, 0.1) is 10.0 Å². The SMILES string of the molecule is CC(=O)Oc1cc(Cl)c(Br)cc1Cl. The monoisotopic (exact) mass is 282 g/mol. The van der Waals surface area contributed by atoms with E-state index in [0.29, 0.717) is 14.5 Å². The summed E-state index contributed by atoms with van der Waals surface area (Å²) in [6, 6.07) is 3.05. The van der Waals surface area contributed by atoms with Gasteiger partial charge < -0.3 is 4.74 Å². The van der Waals surface area contributed by atoms with E-state index in [9.17, 15) is 4.79 Å². The summed E-state index contributed by atoms with van der Waals surface area (Å²) in [4.78, 5) is 10.6. The molecule has 1 aromatic rings. The molecule has 0 heterocycles. The van der Waals surface area contributed by atoms with Crippen molar-refractivity contribution in [3.05, 3.63) is 26.7 Å². The van der Waals surface area contributed by atoms with E-state index in [1.165, 1.54) is 13.0 Å². The van der Waals surface area contributed by atoms with Gasteiger partial charge in [-0.3, -0.25) is 4.79 Å². The molecule has 0 unspecified atom stereocenters. The van der Waals surface area contributed by atoms with Crippen molar-refractivity contribution in [2.45, 2.75) is 6.92 Å². The number of carbonyl (C=O) groups excluding carboxylic acids is 1. The van der Waals surface area contributed by atoms with E-state index in [1.54, 1.807) is 6.07 Å². The molecule has 0 atom stereocenters. The second kappa shape index (κ2) is 4.31. The van der Waals surface area contributed by atoms with Crippen LogP contribution < -0.4 is 4.74 Å². The van der Waals surface area contributed by atoms with Gasteiger partial charge in [0.1, 0.15) is 0 Å². The van der Waals surface area contributed by atoms with E-state index in [1.807, 2.05) is 0 Å². The highest BCUT2D eigenvalue weighted by Gasteiger charge is 2.08. The largest absolute Gasteiger partial charge is 0.425 e. The van der Waals surface area contributed by atoms with Crippen LogP contribution >= 0.6 is 39.1 Å². The van der Waals surface area contributed by atoms with Crippen LogP contribution in [0.4, 0.5) is 0 Å². The van der Waals surface area contributed by atoms with E-state index >= 15 is 0 Å². The molecule has 0 spiro atoms. The minimum absolute atomic E-state index is 0.266. The Balaban J connectivity index is 3.08. The van der Waals surface area contributed by atoms with Crippen molar-refractivity contribution < 1.29 is 9.53 Å². The van der Waals surface area contributed by atoms with Crippen molar-refractivity contribution in [2.75, 3.05) is 0 Å². The predicted octanol–water partition coefficient (Wildman–Crippen LogP) is 3.68. The van der Waals surface area contributed by atoms with Crippen LogP contribution in [0.3, 0.4) is 0 Å². The van der Waals surface area contributed by atoms with Crippen LogP contribution in [0, 0.1) is 0 Å². The van der Waals surface area contributed by atoms with Crippen molar-refractivity contribution in [1.82, 2.24) is 0 Å². The normalized spacial score (nSPS) is 9.85. The molecular formula is C8H5BrCl2O2. The van der Waals surface area contributed by atoms with E-state index < -0.39 is 5.97 Å². The first kappa shape index (κ1) is 10.8. The molecule has 0 radical (unpaired) electrons. The maximum absolute atomic E-state index is 10.6. The van der Waals surface area contributed by atoms with Crippen LogP contribution in [0.15, 0.2) is 16.6 Å². The fourth-order valence-corrected chi connectivity index (χ4v) is 1.57. The van der Waals surface area contributed by atoms with Gasteiger partial charge in [-0.05, 0) is 22.0 Å². The van der Waals surface area contributed by atoms with Crippen LogP contribution in [-0.4, -0.2) is 5.97 Å². The Labute approximate surface area is 93.9 Å². The average Bonchev–Trinajstić information content (AvgIpc) is 1.99. The number of carbonyl (C=O) groups is 1. The predicted molar refractivity (Wildman–Crippen MR) is 55.5 cm³/mol. The lowest BCUT2D eigenvalue weighted by molar-refractivity contribution is -0.131. The Bertz CT molecular complexity index is 352. The first-order chi connectivity index (χ1) is 6.00. The van der Waals surface area contributed by atoms with Crippen molar-refractivity contribution in [2.24, 2.45) is 0 Å². The molecule has 0 aliphatic rings. The Kier molecular flexibility index (Phi) is 3.59. The summed E-state index contributed by atoms with van der Waals surface area (Å²) in [6.07, 6.45) is 0. The summed E-state index contributed by atoms with van der Waals surface area (Å²) in [5.41, 5.74) is 0. The van der Waals surface area contributed by atoms with Gasteiger partial charge in [-0.25, -0.2) is 0 Å². The Morgan fingerprint density at radius 1 is 1.38 bits per heavy atom. The second-order valence-electron chi connectivity index (χ2n) is 2.29. The van der Waals surface area contributed by atoms with E-state index in [2.05, 4.69) is 15.9 Å². The number of hydrogen-bond acceptors (Lipinski definition) is 2. The third-order valence-corrected chi connectivity index (χ3v) is 2.72. The molecule has 0 aromatic heterocycles. The first-order valence-corrected chi connectivity index (χ1v) is 4.88. The van der Waals surface area contributed by atoms with E-state index in [0.717, 1.165) is 0 Å². The molecule has 70 valence electrons. The zero-order valence-electron chi connectivity index (χ0n) is 6.61. The molecule has 0 amide bonds. The molecule has 0 saturated carbocycles. The topological polar surface area (TPSA) is 26.3 Å². The van der Waals surface area contributed by atoms with Crippen molar-refractivity contribution >= 4 is 45.1 Å². The summed E-state index contributed by atoms with van der Waals surface area (Å²) in [5.74, 6) is -0.164. The van der Waals surface area contributed by atoms with E-state index in [4.69, 9.17) is 27.9 Å². The second-order valence-corrected chi connectivity index (χ2v) is 3.96. The summed E-state index contributed by atoms with van der Waals surface area (Å²) < 4.78 is 5.47. The third-order valence-electron chi connectivity index (χ3n) is 1.23. The molecule has 0 aliphatic carbocycles. The smallest absolute Gasteiger partial charge is 0.308 e. The van der Waals surface area contributed by atoms with Crippen LogP contribution in [0.5, 0.6) is 5.75 Å². The van der Waals surface area contributed by atoms with Crippen molar-refractivity contribution in [3.63, 3.8) is 0 Å². The first-order valence-electron chi connectivity index (χ1n) is 3.33. The summed E-state index contributed by atoms with van der Waals surface area (Å²) in [7, 11) is 0. The van der Waals surface area contributed by atoms with Crippen LogP contribution in [0.25, 0.3) is 0 Å². The molecule has 0 N–H and O–H groups in total. The minimum Gasteiger partial charge on any atom is -0.425 e. The molecule has 13 heavy (non-hydrogen) atoms. The number of halogens is 3. The highest BCUT2D eigenvalue weighted by molar-refractivity contribution is 9.10. The number of rotatable bonds is 1. The van der Waals surface area contributed by atoms with Gasteiger partial charge in [-0.1, -0.05) is 23.2 Å². The highest BCUT2D eigenvalue weighted by atomic mass is 79.9. The van der Waals surface area contributed by atoms with Crippen LogP contribution in [-0.2, 0) is 4.79 Å². The molecule has 0 saturated heterocycles. The van der Waals surface area contributed by atoms with E-state index in [-0.39, 0.29) is 5.75 Å². The zero-order valence-corrected chi connectivity index (χ0v) is 9.70. The zero-order chi connectivity index (χ0) is 10.0.